The predicted octanol–water partition coefficient (Wildman–Crippen LogP) is 3.46. The van der Waals surface area contributed by atoms with Crippen LogP contribution in [-0.2, 0) is 11.3 Å². The van der Waals surface area contributed by atoms with Gasteiger partial charge in [0.2, 0.25) is 5.91 Å². The first-order valence-electron chi connectivity index (χ1n) is 8.31. The third-order valence-corrected chi connectivity index (χ3v) is 5.40. The Morgan fingerprint density at radius 3 is 2.73 bits per heavy atom. The Morgan fingerprint density at radius 2 is 1.96 bits per heavy atom. The first kappa shape index (κ1) is 16.5. The van der Waals surface area contributed by atoms with Gasteiger partial charge < -0.3 is 5.73 Å². The van der Waals surface area contributed by atoms with E-state index >= 15 is 0 Å². The van der Waals surface area contributed by atoms with Crippen LogP contribution in [0.1, 0.15) is 12.2 Å². The molecule has 6 heteroatoms. The van der Waals surface area contributed by atoms with Crippen LogP contribution in [0.4, 0.5) is 0 Å². The van der Waals surface area contributed by atoms with Crippen LogP contribution in [-0.4, -0.2) is 15.5 Å². The molecule has 0 aliphatic heterocycles. The average molecular weight is 363 g/mol. The SMILES string of the molecule is Cc1nc2scc(-c3ccc4ccccc4c3)c2c(=O)n1CCC(N)=O. The normalized spacial score (nSPS) is 11.3. The number of rotatable bonds is 4. The van der Waals surface area contributed by atoms with Gasteiger partial charge in [-0.25, -0.2) is 4.98 Å². The number of benzene rings is 2. The van der Waals surface area contributed by atoms with Crippen molar-refractivity contribution >= 4 is 38.2 Å². The number of fused-ring (bicyclic) bond motifs is 2. The van der Waals surface area contributed by atoms with Crippen LogP contribution >= 0.6 is 11.3 Å². The summed E-state index contributed by atoms with van der Waals surface area (Å²) >= 11 is 1.46. The molecule has 0 bridgehead atoms. The molecule has 130 valence electrons. The Morgan fingerprint density at radius 1 is 1.19 bits per heavy atom. The zero-order valence-corrected chi connectivity index (χ0v) is 15.0. The number of hydrogen-bond donors (Lipinski definition) is 1. The third kappa shape index (κ3) is 2.78. The summed E-state index contributed by atoms with van der Waals surface area (Å²) in [7, 11) is 0. The fourth-order valence-electron chi connectivity index (χ4n) is 3.18. The smallest absolute Gasteiger partial charge is 0.262 e. The molecular formula is C20H17N3O2S. The highest BCUT2D eigenvalue weighted by Crippen LogP contribution is 2.32. The molecule has 0 saturated carbocycles. The van der Waals surface area contributed by atoms with Gasteiger partial charge in [0.25, 0.3) is 5.56 Å². The highest BCUT2D eigenvalue weighted by Gasteiger charge is 2.16. The molecule has 0 unspecified atom stereocenters. The summed E-state index contributed by atoms with van der Waals surface area (Å²) in [6, 6.07) is 14.3. The minimum atomic E-state index is -0.434. The summed E-state index contributed by atoms with van der Waals surface area (Å²) in [5.41, 5.74) is 6.97. The largest absolute Gasteiger partial charge is 0.370 e. The minimum Gasteiger partial charge on any atom is -0.370 e. The number of thiophene rings is 1. The number of nitrogens with zero attached hydrogens (tertiary/aromatic N) is 2. The second-order valence-electron chi connectivity index (χ2n) is 6.22. The van der Waals surface area contributed by atoms with Gasteiger partial charge in [0.1, 0.15) is 10.7 Å². The van der Waals surface area contributed by atoms with Gasteiger partial charge in [0.05, 0.1) is 5.39 Å². The summed E-state index contributed by atoms with van der Waals surface area (Å²) < 4.78 is 1.53. The van der Waals surface area contributed by atoms with Crippen LogP contribution in [0, 0.1) is 6.92 Å². The standard InChI is InChI=1S/C20H17N3O2S/c1-12-22-19-18(20(25)23(12)9-8-17(21)24)16(11-26-19)15-7-6-13-4-2-3-5-14(13)10-15/h2-7,10-11H,8-9H2,1H3,(H2,21,24). The van der Waals surface area contributed by atoms with Crippen molar-refractivity contribution in [3.63, 3.8) is 0 Å². The lowest BCUT2D eigenvalue weighted by atomic mass is 10.0. The zero-order valence-electron chi connectivity index (χ0n) is 14.2. The fraction of sp³-hybridized carbons (Fsp3) is 0.150. The Labute approximate surface area is 153 Å². The molecule has 0 spiro atoms. The molecule has 5 nitrogen and oxygen atoms in total. The van der Waals surface area contributed by atoms with Crippen molar-refractivity contribution in [2.45, 2.75) is 19.9 Å². The lowest BCUT2D eigenvalue weighted by molar-refractivity contribution is -0.118. The highest BCUT2D eigenvalue weighted by molar-refractivity contribution is 7.17. The van der Waals surface area contributed by atoms with Gasteiger partial charge >= 0.3 is 0 Å². The van der Waals surface area contributed by atoms with Gasteiger partial charge in [0.15, 0.2) is 0 Å². The Bertz CT molecular complexity index is 1210. The third-order valence-electron chi connectivity index (χ3n) is 4.53. The molecule has 0 aliphatic carbocycles. The number of aromatic nitrogens is 2. The van der Waals surface area contributed by atoms with Crippen LogP contribution in [0.25, 0.3) is 32.1 Å². The van der Waals surface area contributed by atoms with Crippen LogP contribution in [0.2, 0.25) is 0 Å². The van der Waals surface area contributed by atoms with Crippen molar-refractivity contribution < 1.29 is 4.79 Å². The molecular weight excluding hydrogens is 346 g/mol. The van der Waals surface area contributed by atoms with Crippen molar-refractivity contribution in [1.82, 2.24) is 9.55 Å². The number of hydrogen-bond acceptors (Lipinski definition) is 4. The molecule has 0 fully saturated rings. The van der Waals surface area contributed by atoms with Crippen molar-refractivity contribution in [2.24, 2.45) is 5.73 Å². The van der Waals surface area contributed by atoms with Gasteiger partial charge in [0, 0.05) is 23.9 Å². The van der Waals surface area contributed by atoms with Crippen LogP contribution in [0.5, 0.6) is 0 Å². The molecule has 4 aromatic rings. The average Bonchev–Trinajstić information content (AvgIpc) is 3.04. The fourth-order valence-corrected chi connectivity index (χ4v) is 4.16. The number of carbonyl (C=O) groups is 1. The molecule has 2 aromatic carbocycles. The summed E-state index contributed by atoms with van der Waals surface area (Å²) in [6.07, 6.45) is 0.114. The van der Waals surface area contributed by atoms with Gasteiger partial charge in [-0.15, -0.1) is 11.3 Å². The maximum absolute atomic E-state index is 13.1. The zero-order chi connectivity index (χ0) is 18.3. The quantitative estimate of drug-likeness (QED) is 0.603. The molecule has 2 heterocycles. The van der Waals surface area contributed by atoms with Gasteiger partial charge in [-0.3, -0.25) is 14.2 Å². The first-order valence-corrected chi connectivity index (χ1v) is 9.18. The molecule has 2 aromatic heterocycles. The van der Waals surface area contributed by atoms with E-state index in [1.54, 1.807) is 6.92 Å². The van der Waals surface area contributed by atoms with E-state index in [0.717, 1.165) is 21.9 Å². The molecule has 2 N–H and O–H groups in total. The minimum absolute atomic E-state index is 0.114. The van der Waals surface area contributed by atoms with E-state index in [1.165, 1.54) is 15.9 Å². The number of primary amides is 1. The van der Waals surface area contributed by atoms with E-state index in [9.17, 15) is 9.59 Å². The molecule has 4 rings (SSSR count). The topological polar surface area (TPSA) is 78.0 Å². The van der Waals surface area contributed by atoms with Crippen LogP contribution in [0.3, 0.4) is 0 Å². The number of aryl methyl sites for hydroxylation is 1. The maximum Gasteiger partial charge on any atom is 0.262 e. The first-order chi connectivity index (χ1) is 12.5. The monoisotopic (exact) mass is 363 g/mol. The molecule has 26 heavy (non-hydrogen) atoms. The lowest BCUT2D eigenvalue weighted by Gasteiger charge is -2.09. The molecule has 0 atom stereocenters. The van der Waals surface area contributed by atoms with Gasteiger partial charge in [-0.1, -0.05) is 36.4 Å². The Kier molecular flexibility index (Phi) is 4.05. The Hall–Kier alpha value is -2.99. The van der Waals surface area contributed by atoms with E-state index in [2.05, 4.69) is 29.2 Å². The summed E-state index contributed by atoms with van der Waals surface area (Å²) in [6.45, 7) is 2.02. The number of carbonyl (C=O) groups excluding carboxylic acids is 1. The van der Waals surface area contributed by atoms with E-state index in [1.807, 2.05) is 23.6 Å². The van der Waals surface area contributed by atoms with Crippen LogP contribution < -0.4 is 11.3 Å². The Balaban J connectivity index is 1.91. The van der Waals surface area contributed by atoms with E-state index < -0.39 is 5.91 Å². The van der Waals surface area contributed by atoms with Crippen LogP contribution in [0.15, 0.2) is 52.6 Å². The number of amides is 1. The molecule has 0 saturated heterocycles. The van der Waals surface area contributed by atoms with Gasteiger partial charge in [-0.2, -0.15) is 0 Å². The predicted molar refractivity (Wildman–Crippen MR) is 105 cm³/mol. The number of nitrogens with two attached hydrogens (primary N) is 1. The van der Waals surface area contributed by atoms with Crippen molar-refractivity contribution in [2.75, 3.05) is 0 Å². The van der Waals surface area contributed by atoms with Crippen molar-refractivity contribution in [3.05, 3.63) is 64.0 Å². The molecule has 0 aliphatic rings. The molecule has 0 radical (unpaired) electrons. The van der Waals surface area contributed by atoms with E-state index in [-0.39, 0.29) is 18.5 Å². The van der Waals surface area contributed by atoms with E-state index in [4.69, 9.17) is 5.73 Å². The van der Waals surface area contributed by atoms with E-state index in [0.29, 0.717) is 16.0 Å². The summed E-state index contributed by atoms with van der Waals surface area (Å²) in [5.74, 6) is 0.159. The summed E-state index contributed by atoms with van der Waals surface area (Å²) in [5, 5.41) is 4.85. The van der Waals surface area contributed by atoms with Crippen molar-refractivity contribution in [3.8, 4) is 11.1 Å². The maximum atomic E-state index is 13.1. The van der Waals surface area contributed by atoms with Crippen molar-refractivity contribution in [1.29, 1.82) is 0 Å². The molecule has 1 amide bonds. The highest BCUT2D eigenvalue weighted by atomic mass is 32.1. The summed E-state index contributed by atoms with van der Waals surface area (Å²) in [4.78, 5) is 29.4. The second kappa shape index (κ2) is 6.38. The second-order valence-corrected chi connectivity index (χ2v) is 7.08. The lowest BCUT2D eigenvalue weighted by Crippen LogP contribution is -2.26. The van der Waals surface area contributed by atoms with Gasteiger partial charge in [-0.05, 0) is 29.3 Å².